The number of thiophene rings is 1. The van der Waals surface area contributed by atoms with Gasteiger partial charge in [-0.05, 0) is 53.6 Å². The number of furan rings is 1. The summed E-state index contributed by atoms with van der Waals surface area (Å²) in [4.78, 5) is 28.9. The number of nitrogens with one attached hydrogen (secondary N) is 1. The van der Waals surface area contributed by atoms with E-state index in [4.69, 9.17) is 19.6 Å². The van der Waals surface area contributed by atoms with Crippen LogP contribution in [-0.2, 0) is 12.8 Å². The Morgan fingerprint density at radius 1 is 1.02 bits per heavy atom. The first-order valence-corrected chi connectivity index (χ1v) is 12.5. The first-order valence-electron chi connectivity index (χ1n) is 11.7. The number of ether oxygens (including phenoxy) is 2. The summed E-state index contributed by atoms with van der Waals surface area (Å²) in [5.74, 6) is -0.216. The highest BCUT2D eigenvalue weighted by atomic mass is 32.1. The molecule has 3 N–H and O–H groups in total. The third-order valence-electron chi connectivity index (χ3n) is 5.83. The van der Waals surface area contributed by atoms with Crippen LogP contribution in [0.1, 0.15) is 31.7 Å². The lowest BCUT2D eigenvalue weighted by Crippen LogP contribution is -2.16. The number of fused-ring (bicyclic) bond motifs is 1. The number of carbonyl (C=O) groups is 2. The fourth-order valence-corrected chi connectivity index (χ4v) is 4.97. The molecule has 40 heavy (non-hydrogen) atoms. The lowest BCUT2D eigenvalue weighted by atomic mass is 10.0. The number of nitrogens with zero attached hydrogens (tertiary/aromatic N) is 1. The highest BCUT2D eigenvalue weighted by molar-refractivity contribution is 7.21. The van der Waals surface area contributed by atoms with Gasteiger partial charge in [0.25, 0.3) is 11.8 Å². The standard InChI is InChI=1S/C28H20F3N3O5S/c1-37-16-7-9-17(10-8-16)38-14-18-11-12-20(39-18)26(36)34-23-22-19(15-5-3-2-4-6-15)13-21(28(29,30)31)33-27(22)40-24(23)25(32)35/h2-13H,14H2,1H3,(H2,32,35)(H,34,36). The van der Waals surface area contributed by atoms with Crippen LogP contribution in [0.5, 0.6) is 11.5 Å². The first kappa shape index (κ1) is 26.8. The molecular weight excluding hydrogens is 547 g/mol. The Morgan fingerprint density at radius 2 is 1.73 bits per heavy atom. The van der Waals surface area contributed by atoms with Crippen molar-refractivity contribution in [1.82, 2.24) is 4.98 Å². The Kier molecular flexibility index (Phi) is 7.18. The topological polar surface area (TPSA) is 117 Å². The number of pyridine rings is 1. The van der Waals surface area contributed by atoms with Crippen LogP contribution in [0, 0.1) is 0 Å². The molecule has 0 saturated carbocycles. The van der Waals surface area contributed by atoms with Gasteiger partial charge in [-0.2, -0.15) is 13.2 Å². The van der Waals surface area contributed by atoms with Crippen molar-refractivity contribution in [3.05, 3.63) is 94.9 Å². The molecule has 0 atom stereocenters. The van der Waals surface area contributed by atoms with Crippen LogP contribution in [0.3, 0.4) is 0 Å². The van der Waals surface area contributed by atoms with E-state index in [0.717, 1.165) is 6.07 Å². The highest BCUT2D eigenvalue weighted by Crippen LogP contribution is 2.43. The van der Waals surface area contributed by atoms with E-state index in [-0.39, 0.29) is 38.7 Å². The SMILES string of the molecule is COc1ccc(OCc2ccc(C(=O)Nc3c(C(N)=O)sc4nc(C(F)(F)F)cc(-c5ccccc5)c34)o2)cc1. The van der Waals surface area contributed by atoms with E-state index in [0.29, 0.717) is 34.2 Å². The van der Waals surface area contributed by atoms with Gasteiger partial charge in [0.2, 0.25) is 0 Å². The second-order valence-electron chi connectivity index (χ2n) is 8.45. The summed E-state index contributed by atoms with van der Waals surface area (Å²) in [7, 11) is 1.55. The van der Waals surface area contributed by atoms with Gasteiger partial charge in [-0.3, -0.25) is 9.59 Å². The average Bonchev–Trinajstić information content (AvgIpc) is 3.57. The highest BCUT2D eigenvalue weighted by Gasteiger charge is 2.35. The Labute approximate surface area is 229 Å². The maximum absolute atomic E-state index is 13.7. The van der Waals surface area contributed by atoms with Gasteiger partial charge in [0.15, 0.2) is 5.76 Å². The van der Waals surface area contributed by atoms with Gasteiger partial charge in [-0.25, -0.2) is 4.98 Å². The lowest BCUT2D eigenvalue weighted by molar-refractivity contribution is -0.140. The summed E-state index contributed by atoms with van der Waals surface area (Å²) < 4.78 is 57.4. The van der Waals surface area contributed by atoms with Gasteiger partial charge in [0.05, 0.1) is 12.8 Å². The van der Waals surface area contributed by atoms with E-state index in [1.54, 1.807) is 67.8 Å². The fraction of sp³-hybridized carbons (Fsp3) is 0.107. The predicted octanol–water partition coefficient (Wildman–Crippen LogP) is 6.51. The van der Waals surface area contributed by atoms with Gasteiger partial charge >= 0.3 is 6.18 Å². The molecule has 0 bridgehead atoms. The smallest absolute Gasteiger partial charge is 0.433 e. The molecule has 0 aliphatic carbocycles. The van der Waals surface area contributed by atoms with Crippen molar-refractivity contribution >= 4 is 39.1 Å². The van der Waals surface area contributed by atoms with E-state index >= 15 is 0 Å². The molecule has 0 unspecified atom stereocenters. The van der Waals surface area contributed by atoms with E-state index in [2.05, 4.69) is 10.3 Å². The number of rotatable bonds is 8. The Balaban J connectivity index is 1.48. The van der Waals surface area contributed by atoms with Gasteiger partial charge in [0, 0.05) is 5.39 Å². The van der Waals surface area contributed by atoms with Crippen LogP contribution >= 0.6 is 11.3 Å². The number of aromatic nitrogens is 1. The van der Waals surface area contributed by atoms with Crippen molar-refractivity contribution in [2.24, 2.45) is 5.73 Å². The minimum Gasteiger partial charge on any atom is -0.497 e. The molecule has 5 aromatic rings. The molecule has 3 aromatic heterocycles. The quantitative estimate of drug-likeness (QED) is 0.221. The summed E-state index contributed by atoms with van der Waals surface area (Å²) >= 11 is 0.662. The summed E-state index contributed by atoms with van der Waals surface area (Å²) in [5.41, 5.74) is 4.92. The van der Waals surface area contributed by atoms with E-state index in [9.17, 15) is 22.8 Å². The molecular formula is C28H20F3N3O5S. The van der Waals surface area contributed by atoms with E-state index in [1.807, 2.05) is 0 Å². The predicted molar refractivity (Wildman–Crippen MR) is 143 cm³/mol. The largest absolute Gasteiger partial charge is 0.497 e. The van der Waals surface area contributed by atoms with Gasteiger partial charge in [-0.1, -0.05) is 30.3 Å². The molecule has 0 aliphatic heterocycles. The zero-order valence-electron chi connectivity index (χ0n) is 20.7. The number of primary amides is 1. The lowest BCUT2D eigenvalue weighted by Gasteiger charge is -2.12. The number of hydrogen-bond acceptors (Lipinski definition) is 7. The number of halogens is 3. The molecule has 3 heterocycles. The van der Waals surface area contributed by atoms with Gasteiger partial charge in [0.1, 0.15) is 39.3 Å². The average molecular weight is 568 g/mol. The second kappa shape index (κ2) is 10.7. The summed E-state index contributed by atoms with van der Waals surface area (Å²) in [6.45, 7) is 0.0236. The van der Waals surface area contributed by atoms with Crippen LogP contribution in [-0.4, -0.2) is 23.9 Å². The normalized spacial score (nSPS) is 11.4. The molecule has 5 rings (SSSR count). The minimum atomic E-state index is -4.74. The second-order valence-corrected chi connectivity index (χ2v) is 9.45. The molecule has 204 valence electrons. The maximum atomic E-state index is 13.7. The van der Waals surface area contributed by atoms with Crippen molar-refractivity contribution in [3.63, 3.8) is 0 Å². The molecule has 2 aromatic carbocycles. The number of alkyl halides is 3. The third-order valence-corrected chi connectivity index (χ3v) is 6.92. The molecule has 0 spiro atoms. The molecule has 8 nitrogen and oxygen atoms in total. The molecule has 0 radical (unpaired) electrons. The minimum absolute atomic E-state index is 0.0236. The Hall–Kier alpha value is -4.84. The first-order chi connectivity index (χ1) is 19.1. The number of methoxy groups -OCH3 is 1. The zero-order chi connectivity index (χ0) is 28.4. The number of carbonyl (C=O) groups excluding carboxylic acids is 2. The summed E-state index contributed by atoms with van der Waals surface area (Å²) in [6.07, 6.45) is -4.74. The number of amides is 2. The third kappa shape index (κ3) is 5.47. The van der Waals surface area contributed by atoms with Crippen molar-refractivity contribution in [1.29, 1.82) is 0 Å². The monoisotopic (exact) mass is 567 g/mol. The van der Waals surface area contributed by atoms with Gasteiger partial charge < -0.3 is 24.9 Å². The van der Waals surface area contributed by atoms with E-state index in [1.165, 1.54) is 6.07 Å². The summed E-state index contributed by atoms with van der Waals surface area (Å²) in [5, 5.41) is 2.75. The van der Waals surface area contributed by atoms with Gasteiger partial charge in [-0.15, -0.1) is 11.3 Å². The molecule has 0 aliphatic rings. The van der Waals surface area contributed by atoms with E-state index < -0.39 is 23.7 Å². The number of hydrogen-bond donors (Lipinski definition) is 2. The number of benzene rings is 2. The molecule has 2 amide bonds. The van der Waals surface area contributed by atoms with Crippen LogP contribution in [0.15, 0.2) is 77.2 Å². The fourth-order valence-electron chi connectivity index (χ4n) is 3.96. The number of anilines is 1. The zero-order valence-corrected chi connectivity index (χ0v) is 21.6. The van der Waals surface area contributed by atoms with Crippen molar-refractivity contribution in [2.45, 2.75) is 12.8 Å². The van der Waals surface area contributed by atoms with Crippen LogP contribution < -0.4 is 20.5 Å². The summed E-state index contributed by atoms with van der Waals surface area (Å²) in [6, 6.07) is 19.0. The number of nitrogens with two attached hydrogens (primary N) is 1. The van der Waals surface area contributed by atoms with Crippen LogP contribution in [0.25, 0.3) is 21.3 Å². The van der Waals surface area contributed by atoms with Crippen molar-refractivity contribution in [3.8, 4) is 22.6 Å². The van der Waals surface area contributed by atoms with Crippen LogP contribution in [0.2, 0.25) is 0 Å². The van der Waals surface area contributed by atoms with Crippen molar-refractivity contribution in [2.75, 3.05) is 12.4 Å². The van der Waals surface area contributed by atoms with Crippen molar-refractivity contribution < 1.29 is 36.7 Å². The molecule has 12 heteroatoms. The molecule has 0 fully saturated rings. The Morgan fingerprint density at radius 3 is 2.38 bits per heavy atom. The Bertz CT molecular complexity index is 1700. The molecule has 0 saturated heterocycles. The van der Waals surface area contributed by atoms with Crippen LogP contribution in [0.4, 0.5) is 18.9 Å². The maximum Gasteiger partial charge on any atom is 0.433 e.